The lowest BCUT2D eigenvalue weighted by Crippen LogP contribution is -1.90. The van der Waals surface area contributed by atoms with Gasteiger partial charge in [-0.05, 0) is 83.4 Å². The Labute approximate surface area is 185 Å². The van der Waals surface area contributed by atoms with Crippen molar-refractivity contribution >= 4 is 62.1 Å². The number of oxazole rings is 1. The monoisotopic (exact) mass is 488 g/mol. The van der Waals surface area contributed by atoms with Crippen molar-refractivity contribution < 1.29 is 9.52 Å². The van der Waals surface area contributed by atoms with Gasteiger partial charge in [-0.1, -0.05) is 23.2 Å². The maximum Gasteiger partial charge on any atom is 0.228 e. The van der Waals surface area contributed by atoms with Crippen LogP contribution < -0.4 is 0 Å². The van der Waals surface area contributed by atoms with Gasteiger partial charge in [0.05, 0.1) is 20.7 Å². The highest BCUT2D eigenvalue weighted by Gasteiger charge is 2.13. The van der Waals surface area contributed by atoms with Crippen LogP contribution in [-0.4, -0.2) is 16.3 Å². The average molecular weight is 490 g/mol. The molecule has 1 heterocycles. The number of benzene rings is 3. The Morgan fingerprint density at radius 3 is 2.69 bits per heavy atom. The van der Waals surface area contributed by atoms with Crippen LogP contribution in [0.5, 0.6) is 5.75 Å². The lowest BCUT2D eigenvalue weighted by molar-refractivity contribution is 0.470. The van der Waals surface area contributed by atoms with Crippen molar-refractivity contribution in [2.45, 2.75) is 13.8 Å². The first-order valence-corrected chi connectivity index (χ1v) is 10.3. The van der Waals surface area contributed by atoms with Crippen LogP contribution >= 0.6 is 39.1 Å². The van der Waals surface area contributed by atoms with Gasteiger partial charge in [0.1, 0.15) is 11.3 Å². The van der Waals surface area contributed by atoms with Crippen molar-refractivity contribution in [3.05, 3.63) is 73.7 Å². The number of hydrogen-bond donors (Lipinski definition) is 1. The van der Waals surface area contributed by atoms with E-state index >= 15 is 0 Å². The Morgan fingerprint density at radius 2 is 1.90 bits per heavy atom. The van der Waals surface area contributed by atoms with E-state index in [2.05, 4.69) is 25.9 Å². The molecule has 1 aromatic heterocycles. The van der Waals surface area contributed by atoms with Crippen molar-refractivity contribution in [2.24, 2.45) is 4.99 Å². The minimum Gasteiger partial charge on any atom is -0.506 e. The third-order valence-electron chi connectivity index (χ3n) is 4.66. The molecule has 0 aliphatic carbocycles. The van der Waals surface area contributed by atoms with E-state index in [9.17, 15) is 5.11 Å². The third-order valence-corrected chi connectivity index (χ3v) is 6.19. The minimum absolute atomic E-state index is 0.155. The van der Waals surface area contributed by atoms with E-state index in [-0.39, 0.29) is 5.75 Å². The van der Waals surface area contributed by atoms with Gasteiger partial charge in [0.25, 0.3) is 0 Å². The predicted octanol–water partition coefficient (Wildman–Crippen LogP) is 7.64. The Morgan fingerprint density at radius 1 is 1.10 bits per heavy atom. The van der Waals surface area contributed by atoms with Crippen LogP contribution in [0.2, 0.25) is 10.0 Å². The molecule has 0 radical (unpaired) electrons. The molecule has 1 N–H and O–H groups in total. The van der Waals surface area contributed by atoms with Crippen LogP contribution in [0.15, 0.2) is 56.3 Å². The first kappa shape index (κ1) is 20.0. The van der Waals surface area contributed by atoms with Crippen LogP contribution in [0.25, 0.3) is 22.6 Å². The second-order valence-corrected chi connectivity index (χ2v) is 8.26. The van der Waals surface area contributed by atoms with E-state index in [1.54, 1.807) is 42.6 Å². The number of rotatable bonds is 3. The Kier molecular flexibility index (Phi) is 5.38. The summed E-state index contributed by atoms with van der Waals surface area (Å²) >= 11 is 15.8. The summed E-state index contributed by atoms with van der Waals surface area (Å²) in [4.78, 5) is 8.97. The number of aromatic hydroxyl groups is 1. The lowest BCUT2D eigenvalue weighted by atomic mass is 10.1. The van der Waals surface area contributed by atoms with E-state index < -0.39 is 0 Å². The molecule has 3 aromatic carbocycles. The first-order chi connectivity index (χ1) is 13.8. The first-order valence-electron chi connectivity index (χ1n) is 8.72. The fourth-order valence-corrected chi connectivity index (χ4v) is 3.81. The molecule has 0 atom stereocenters. The highest BCUT2D eigenvalue weighted by atomic mass is 79.9. The standard InChI is InChI=1S/C22H15BrCl2N2O2/c1-11-7-13(21(28)20(23)12(11)2)10-26-15-4-5-17(25)16(9-15)22-27-18-8-14(24)3-6-19(18)29-22/h3-10,28H,1-2H3. The SMILES string of the molecule is Cc1cc(C=Nc2ccc(Cl)c(-c3nc4cc(Cl)ccc4o3)c2)c(O)c(Br)c1C. The normalized spacial score (nSPS) is 11.6. The van der Waals surface area contributed by atoms with Gasteiger partial charge >= 0.3 is 0 Å². The molecule has 29 heavy (non-hydrogen) atoms. The maximum atomic E-state index is 10.4. The molecule has 4 nitrogen and oxygen atoms in total. The van der Waals surface area contributed by atoms with Crippen LogP contribution in [0.4, 0.5) is 5.69 Å². The summed E-state index contributed by atoms with van der Waals surface area (Å²) in [5, 5.41) is 11.4. The number of aliphatic imine (C=N–C) groups is 1. The molecule has 4 aromatic rings. The van der Waals surface area contributed by atoms with Crippen molar-refractivity contribution in [3.8, 4) is 17.2 Å². The lowest BCUT2D eigenvalue weighted by Gasteiger charge is -2.08. The van der Waals surface area contributed by atoms with Crippen LogP contribution in [0.1, 0.15) is 16.7 Å². The van der Waals surface area contributed by atoms with Gasteiger partial charge in [0, 0.05) is 16.8 Å². The van der Waals surface area contributed by atoms with E-state index in [4.69, 9.17) is 27.6 Å². The molecule has 0 unspecified atom stereocenters. The second-order valence-electron chi connectivity index (χ2n) is 6.62. The van der Waals surface area contributed by atoms with Crippen LogP contribution in [-0.2, 0) is 0 Å². The van der Waals surface area contributed by atoms with Crippen molar-refractivity contribution in [1.82, 2.24) is 4.98 Å². The van der Waals surface area contributed by atoms with E-state index in [1.807, 2.05) is 19.9 Å². The zero-order chi connectivity index (χ0) is 20.7. The van der Waals surface area contributed by atoms with Gasteiger partial charge in [-0.3, -0.25) is 4.99 Å². The average Bonchev–Trinajstić information content (AvgIpc) is 3.12. The summed E-state index contributed by atoms with van der Waals surface area (Å²) in [7, 11) is 0. The zero-order valence-electron chi connectivity index (χ0n) is 15.5. The summed E-state index contributed by atoms with van der Waals surface area (Å²) in [6, 6.07) is 12.5. The van der Waals surface area contributed by atoms with Crippen molar-refractivity contribution in [1.29, 1.82) is 0 Å². The number of phenolic OH excluding ortho intramolecular Hbond substituents is 1. The molecule has 0 amide bonds. The summed E-state index contributed by atoms with van der Waals surface area (Å²) in [6.45, 7) is 3.93. The molecule has 146 valence electrons. The number of nitrogens with zero attached hydrogens (tertiary/aromatic N) is 2. The number of hydrogen-bond acceptors (Lipinski definition) is 4. The molecule has 0 bridgehead atoms. The number of aryl methyl sites for hydroxylation is 1. The largest absolute Gasteiger partial charge is 0.506 e. The molecule has 0 spiro atoms. The van der Waals surface area contributed by atoms with E-state index in [1.165, 1.54) is 0 Å². The second kappa shape index (κ2) is 7.82. The van der Waals surface area contributed by atoms with Crippen LogP contribution in [0, 0.1) is 13.8 Å². The highest BCUT2D eigenvalue weighted by Crippen LogP contribution is 2.35. The maximum absolute atomic E-state index is 10.4. The minimum atomic E-state index is 0.155. The fourth-order valence-electron chi connectivity index (χ4n) is 2.90. The van der Waals surface area contributed by atoms with Gasteiger partial charge in [-0.15, -0.1) is 0 Å². The Hall–Kier alpha value is -2.34. The Bertz CT molecular complexity index is 1280. The molecular formula is C22H15BrCl2N2O2. The number of aromatic nitrogens is 1. The smallest absolute Gasteiger partial charge is 0.228 e. The molecule has 0 aliphatic rings. The van der Waals surface area contributed by atoms with E-state index in [0.717, 1.165) is 11.1 Å². The molecule has 0 saturated carbocycles. The van der Waals surface area contributed by atoms with Gasteiger partial charge < -0.3 is 9.52 Å². The third kappa shape index (κ3) is 3.90. The number of halogens is 3. The van der Waals surface area contributed by atoms with Gasteiger partial charge in [-0.25, -0.2) is 4.98 Å². The highest BCUT2D eigenvalue weighted by molar-refractivity contribution is 9.10. The molecule has 0 fully saturated rings. The molecule has 0 aliphatic heterocycles. The van der Waals surface area contributed by atoms with Crippen molar-refractivity contribution in [3.63, 3.8) is 0 Å². The Balaban J connectivity index is 1.73. The summed E-state index contributed by atoms with van der Waals surface area (Å²) < 4.78 is 6.49. The summed E-state index contributed by atoms with van der Waals surface area (Å²) in [6.07, 6.45) is 1.62. The predicted molar refractivity (Wildman–Crippen MR) is 122 cm³/mol. The number of phenols is 1. The molecule has 4 rings (SSSR count). The topological polar surface area (TPSA) is 58.6 Å². The van der Waals surface area contributed by atoms with Gasteiger partial charge in [0.15, 0.2) is 5.58 Å². The molecular weight excluding hydrogens is 475 g/mol. The number of fused-ring (bicyclic) bond motifs is 1. The van der Waals surface area contributed by atoms with Crippen LogP contribution in [0.3, 0.4) is 0 Å². The zero-order valence-corrected chi connectivity index (χ0v) is 18.6. The summed E-state index contributed by atoms with van der Waals surface area (Å²) in [5.74, 6) is 0.544. The van der Waals surface area contributed by atoms with Gasteiger partial charge in [-0.2, -0.15) is 0 Å². The fraction of sp³-hybridized carbons (Fsp3) is 0.0909. The summed E-state index contributed by atoms with van der Waals surface area (Å²) in [5.41, 5.74) is 5.22. The molecule has 0 saturated heterocycles. The van der Waals surface area contributed by atoms with Crippen molar-refractivity contribution in [2.75, 3.05) is 0 Å². The van der Waals surface area contributed by atoms with Gasteiger partial charge in [0.2, 0.25) is 5.89 Å². The molecule has 7 heteroatoms. The quantitative estimate of drug-likeness (QED) is 0.301. The van der Waals surface area contributed by atoms with E-state index in [0.29, 0.717) is 48.3 Å².